The average Bonchev–Trinajstić information content (AvgIpc) is 2.85. The number of anilines is 1. The van der Waals surface area contributed by atoms with Crippen LogP contribution in [0.25, 0.3) is 0 Å². The van der Waals surface area contributed by atoms with Gasteiger partial charge in [-0.05, 0) is 6.42 Å². The highest BCUT2D eigenvalue weighted by molar-refractivity contribution is 7.09. The van der Waals surface area contributed by atoms with Crippen molar-refractivity contribution in [3.05, 3.63) is 28.8 Å². The van der Waals surface area contributed by atoms with Crippen LogP contribution in [-0.4, -0.2) is 14.8 Å². The van der Waals surface area contributed by atoms with Crippen LogP contribution in [0.15, 0.2) is 24.0 Å². The molecule has 0 aliphatic heterocycles. The van der Waals surface area contributed by atoms with E-state index >= 15 is 0 Å². The van der Waals surface area contributed by atoms with Crippen LogP contribution in [0, 0.1) is 0 Å². The molecule has 0 fully saturated rings. The standard InChI is InChI=1S/C10H14N4S/c1-2-5-14-10(3-4-13-14)12-7-9-6-11-8-15-9/h3-4,6,8,12H,2,5,7H2,1H3. The molecule has 2 heterocycles. The molecule has 0 amide bonds. The number of hydrogen-bond donors (Lipinski definition) is 1. The number of thiazole rings is 1. The van der Waals surface area contributed by atoms with Crippen molar-refractivity contribution < 1.29 is 0 Å². The molecule has 15 heavy (non-hydrogen) atoms. The lowest BCUT2D eigenvalue weighted by molar-refractivity contribution is 0.607. The molecule has 0 bridgehead atoms. The fourth-order valence-corrected chi connectivity index (χ4v) is 1.91. The summed E-state index contributed by atoms with van der Waals surface area (Å²) in [6, 6.07) is 2.00. The van der Waals surface area contributed by atoms with Gasteiger partial charge in [0, 0.05) is 23.7 Å². The summed E-state index contributed by atoms with van der Waals surface area (Å²) < 4.78 is 1.99. The molecule has 5 heteroatoms. The lowest BCUT2D eigenvalue weighted by Gasteiger charge is -2.07. The van der Waals surface area contributed by atoms with Gasteiger partial charge < -0.3 is 5.32 Å². The Kier molecular flexibility index (Phi) is 3.34. The number of aryl methyl sites for hydroxylation is 1. The quantitative estimate of drug-likeness (QED) is 0.844. The molecule has 4 nitrogen and oxygen atoms in total. The number of nitrogens with one attached hydrogen (secondary N) is 1. The van der Waals surface area contributed by atoms with Crippen molar-refractivity contribution in [2.45, 2.75) is 26.4 Å². The molecule has 0 aliphatic rings. The van der Waals surface area contributed by atoms with Gasteiger partial charge in [0.15, 0.2) is 0 Å². The van der Waals surface area contributed by atoms with Gasteiger partial charge in [-0.3, -0.25) is 4.98 Å². The van der Waals surface area contributed by atoms with Gasteiger partial charge in [-0.25, -0.2) is 4.68 Å². The molecule has 1 N–H and O–H groups in total. The van der Waals surface area contributed by atoms with Gasteiger partial charge in [0.25, 0.3) is 0 Å². The molecule has 2 aromatic rings. The molecule has 0 aromatic carbocycles. The first-order valence-electron chi connectivity index (χ1n) is 5.03. The molecule has 2 aromatic heterocycles. The van der Waals surface area contributed by atoms with E-state index in [9.17, 15) is 0 Å². The monoisotopic (exact) mass is 222 g/mol. The Morgan fingerprint density at radius 1 is 1.53 bits per heavy atom. The Balaban J connectivity index is 1.95. The lowest BCUT2D eigenvalue weighted by Crippen LogP contribution is -2.07. The summed E-state index contributed by atoms with van der Waals surface area (Å²) in [6.45, 7) is 3.92. The zero-order valence-electron chi connectivity index (χ0n) is 8.68. The molecule has 80 valence electrons. The first-order chi connectivity index (χ1) is 7.40. The van der Waals surface area contributed by atoms with Gasteiger partial charge >= 0.3 is 0 Å². The summed E-state index contributed by atoms with van der Waals surface area (Å²) in [5.74, 6) is 1.07. The molecular formula is C10H14N4S. The Morgan fingerprint density at radius 2 is 2.47 bits per heavy atom. The SMILES string of the molecule is CCCn1nccc1NCc1cncs1. The van der Waals surface area contributed by atoms with E-state index in [4.69, 9.17) is 0 Å². The Labute approximate surface area is 93.0 Å². The smallest absolute Gasteiger partial charge is 0.124 e. The van der Waals surface area contributed by atoms with Crippen LogP contribution in [0.4, 0.5) is 5.82 Å². The van der Waals surface area contributed by atoms with Gasteiger partial charge in [0.05, 0.1) is 18.3 Å². The van der Waals surface area contributed by atoms with Crippen LogP contribution < -0.4 is 5.32 Å². The van der Waals surface area contributed by atoms with Gasteiger partial charge in [-0.15, -0.1) is 11.3 Å². The molecule has 0 spiro atoms. The number of rotatable bonds is 5. The summed E-state index contributed by atoms with van der Waals surface area (Å²) in [5.41, 5.74) is 1.85. The second-order valence-electron chi connectivity index (χ2n) is 3.26. The summed E-state index contributed by atoms with van der Waals surface area (Å²) in [4.78, 5) is 5.27. The number of aromatic nitrogens is 3. The third kappa shape index (κ3) is 2.56. The van der Waals surface area contributed by atoms with Crippen LogP contribution in [0.2, 0.25) is 0 Å². The predicted octanol–water partition coefficient (Wildman–Crippen LogP) is 2.36. The number of nitrogens with zero attached hydrogens (tertiary/aromatic N) is 3. The Morgan fingerprint density at radius 3 is 3.20 bits per heavy atom. The van der Waals surface area contributed by atoms with E-state index in [1.165, 1.54) is 4.88 Å². The highest BCUT2D eigenvalue weighted by atomic mass is 32.1. The fraction of sp³-hybridized carbons (Fsp3) is 0.400. The minimum atomic E-state index is 0.820. The van der Waals surface area contributed by atoms with E-state index in [0.29, 0.717) is 0 Å². The van der Waals surface area contributed by atoms with E-state index < -0.39 is 0 Å². The van der Waals surface area contributed by atoms with Crippen LogP contribution in [0.3, 0.4) is 0 Å². The summed E-state index contributed by atoms with van der Waals surface area (Å²) in [5, 5.41) is 7.60. The van der Waals surface area contributed by atoms with E-state index in [0.717, 1.165) is 25.3 Å². The second-order valence-corrected chi connectivity index (χ2v) is 4.23. The molecule has 0 saturated heterocycles. The first kappa shape index (κ1) is 10.2. The maximum atomic E-state index is 4.25. The molecular weight excluding hydrogens is 208 g/mol. The van der Waals surface area contributed by atoms with Crippen LogP contribution in [0.5, 0.6) is 0 Å². The summed E-state index contributed by atoms with van der Waals surface area (Å²) in [6.07, 6.45) is 4.81. The van der Waals surface area contributed by atoms with Gasteiger partial charge in [0.2, 0.25) is 0 Å². The van der Waals surface area contributed by atoms with Gasteiger partial charge in [-0.1, -0.05) is 6.92 Å². The zero-order chi connectivity index (χ0) is 10.5. The van der Waals surface area contributed by atoms with Crippen molar-refractivity contribution >= 4 is 17.2 Å². The molecule has 2 rings (SSSR count). The fourth-order valence-electron chi connectivity index (χ4n) is 1.38. The minimum absolute atomic E-state index is 0.820. The largest absolute Gasteiger partial charge is 0.365 e. The van der Waals surface area contributed by atoms with Crippen molar-refractivity contribution in [1.29, 1.82) is 0 Å². The van der Waals surface area contributed by atoms with Crippen LogP contribution >= 0.6 is 11.3 Å². The zero-order valence-corrected chi connectivity index (χ0v) is 9.50. The Hall–Kier alpha value is -1.36. The maximum Gasteiger partial charge on any atom is 0.124 e. The molecule has 0 saturated carbocycles. The van der Waals surface area contributed by atoms with Crippen molar-refractivity contribution in [3.63, 3.8) is 0 Å². The van der Waals surface area contributed by atoms with Crippen molar-refractivity contribution in [3.8, 4) is 0 Å². The van der Waals surface area contributed by atoms with Crippen molar-refractivity contribution in [1.82, 2.24) is 14.8 Å². The van der Waals surface area contributed by atoms with Crippen molar-refractivity contribution in [2.75, 3.05) is 5.32 Å². The Bertz CT molecular complexity index is 393. The van der Waals surface area contributed by atoms with Crippen LogP contribution in [0.1, 0.15) is 18.2 Å². The third-order valence-corrected chi connectivity index (χ3v) is 2.86. The summed E-state index contributed by atoms with van der Waals surface area (Å²) in [7, 11) is 0. The minimum Gasteiger partial charge on any atom is -0.365 e. The van der Waals surface area contributed by atoms with Crippen LogP contribution in [-0.2, 0) is 13.1 Å². The summed E-state index contributed by atoms with van der Waals surface area (Å²) >= 11 is 1.66. The third-order valence-electron chi connectivity index (χ3n) is 2.08. The molecule has 0 atom stereocenters. The first-order valence-corrected chi connectivity index (χ1v) is 5.91. The lowest BCUT2D eigenvalue weighted by atomic mass is 10.4. The highest BCUT2D eigenvalue weighted by Crippen LogP contribution is 2.11. The van der Waals surface area contributed by atoms with Crippen molar-refractivity contribution in [2.24, 2.45) is 0 Å². The van der Waals surface area contributed by atoms with E-state index in [2.05, 4.69) is 22.3 Å². The van der Waals surface area contributed by atoms with Gasteiger partial charge in [0.1, 0.15) is 5.82 Å². The maximum absolute atomic E-state index is 4.25. The molecule has 0 radical (unpaired) electrons. The number of hydrogen-bond acceptors (Lipinski definition) is 4. The van der Waals surface area contributed by atoms with E-state index in [-0.39, 0.29) is 0 Å². The topological polar surface area (TPSA) is 42.7 Å². The molecule has 0 aliphatic carbocycles. The second kappa shape index (κ2) is 4.93. The normalized spacial score (nSPS) is 10.5. The average molecular weight is 222 g/mol. The highest BCUT2D eigenvalue weighted by Gasteiger charge is 2.01. The van der Waals surface area contributed by atoms with Gasteiger partial charge in [-0.2, -0.15) is 5.10 Å². The predicted molar refractivity (Wildman–Crippen MR) is 62.0 cm³/mol. The van der Waals surface area contributed by atoms with E-state index in [1.807, 2.05) is 28.7 Å². The molecule has 0 unspecified atom stereocenters. The van der Waals surface area contributed by atoms with E-state index in [1.54, 1.807) is 11.3 Å².